The number of aromatic nitrogens is 5. The van der Waals surface area contributed by atoms with E-state index in [1.54, 1.807) is 18.3 Å². The molecule has 0 saturated carbocycles. The highest BCUT2D eigenvalue weighted by atomic mass is 32.2. The maximum atomic E-state index is 13.4. The van der Waals surface area contributed by atoms with Crippen LogP contribution >= 0.6 is 11.8 Å². The average molecular weight is 545 g/mol. The summed E-state index contributed by atoms with van der Waals surface area (Å²) in [5.74, 6) is 0.437. The van der Waals surface area contributed by atoms with Gasteiger partial charge in [-0.2, -0.15) is 18.3 Å². The highest BCUT2D eigenvalue weighted by molar-refractivity contribution is 8.18. The van der Waals surface area contributed by atoms with Gasteiger partial charge in [-0.05, 0) is 61.3 Å². The lowest BCUT2D eigenvalue weighted by Crippen LogP contribution is -2.38. The third-order valence-electron chi connectivity index (χ3n) is 6.22. The Labute approximate surface area is 219 Å². The van der Waals surface area contributed by atoms with Crippen molar-refractivity contribution in [2.24, 2.45) is 5.92 Å². The zero-order valence-electron chi connectivity index (χ0n) is 20.0. The maximum absolute atomic E-state index is 13.4. The lowest BCUT2D eigenvalue weighted by molar-refractivity contribution is -0.137. The van der Waals surface area contributed by atoms with E-state index in [0.29, 0.717) is 48.5 Å². The van der Waals surface area contributed by atoms with Crippen LogP contribution in [0.2, 0.25) is 0 Å². The van der Waals surface area contributed by atoms with Crippen molar-refractivity contribution in [3.8, 4) is 11.3 Å². The van der Waals surface area contributed by atoms with E-state index in [4.69, 9.17) is 0 Å². The molecule has 2 amide bonds. The van der Waals surface area contributed by atoms with Gasteiger partial charge in [-0.1, -0.05) is 0 Å². The molecule has 3 aromatic heterocycles. The molecule has 198 valence electrons. The van der Waals surface area contributed by atoms with Gasteiger partial charge in [0.05, 0.1) is 33.7 Å². The lowest BCUT2D eigenvalue weighted by atomic mass is 9.97. The molecular formula is C24H23F3N8O2S. The van der Waals surface area contributed by atoms with Crippen LogP contribution in [0.25, 0.3) is 17.3 Å². The number of aromatic amines is 1. The van der Waals surface area contributed by atoms with Crippen molar-refractivity contribution in [3.05, 3.63) is 58.6 Å². The van der Waals surface area contributed by atoms with Crippen LogP contribution in [0.1, 0.15) is 29.8 Å². The Morgan fingerprint density at radius 1 is 1.18 bits per heavy atom. The number of H-pyrrole nitrogens is 1. The Morgan fingerprint density at radius 3 is 2.68 bits per heavy atom. The predicted molar refractivity (Wildman–Crippen MR) is 135 cm³/mol. The predicted octanol–water partition coefficient (Wildman–Crippen LogP) is 3.61. The van der Waals surface area contributed by atoms with Gasteiger partial charge in [0.15, 0.2) is 0 Å². The molecule has 0 unspecified atom stereocenters. The number of carbonyl (C=O) groups excluding carboxylic acids is 2. The molecule has 0 aromatic carbocycles. The summed E-state index contributed by atoms with van der Waals surface area (Å²) in [6.07, 6.45) is 3.35. The first-order valence-corrected chi connectivity index (χ1v) is 12.7. The number of piperidine rings is 1. The second kappa shape index (κ2) is 10.9. The number of halogens is 3. The molecule has 0 radical (unpaired) electrons. The van der Waals surface area contributed by atoms with Gasteiger partial charge >= 0.3 is 6.18 Å². The first kappa shape index (κ1) is 25.9. The normalized spacial score (nSPS) is 17.9. The number of rotatable bonds is 7. The van der Waals surface area contributed by atoms with Crippen LogP contribution in [0.5, 0.6) is 0 Å². The van der Waals surface area contributed by atoms with Crippen molar-refractivity contribution < 1.29 is 22.8 Å². The molecule has 5 rings (SSSR count). The molecular weight excluding hydrogens is 521 g/mol. The van der Waals surface area contributed by atoms with Crippen LogP contribution in [0.3, 0.4) is 0 Å². The largest absolute Gasteiger partial charge is 0.416 e. The molecule has 0 atom stereocenters. The summed E-state index contributed by atoms with van der Waals surface area (Å²) in [6, 6.07) is 3.77. The molecule has 2 saturated heterocycles. The Balaban J connectivity index is 1.16. The molecule has 10 nitrogen and oxygen atoms in total. The van der Waals surface area contributed by atoms with Crippen LogP contribution in [0.15, 0.2) is 41.7 Å². The summed E-state index contributed by atoms with van der Waals surface area (Å²) >= 11 is 0.834. The van der Waals surface area contributed by atoms with Crippen molar-refractivity contribution in [1.29, 1.82) is 0 Å². The van der Waals surface area contributed by atoms with E-state index in [9.17, 15) is 22.8 Å². The number of imide groups is 1. The zero-order valence-corrected chi connectivity index (χ0v) is 20.8. The molecule has 2 fully saturated rings. The van der Waals surface area contributed by atoms with Gasteiger partial charge in [0.25, 0.3) is 11.1 Å². The highest BCUT2D eigenvalue weighted by Gasteiger charge is 2.32. The Morgan fingerprint density at radius 2 is 2.00 bits per heavy atom. The number of alkyl halides is 3. The third-order valence-corrected chi connectivity index (χ3v) is 7.03. The molecule has 14 heteroatoms. The van der Waals surface area contributed by atoms with E-state index >= 15 is 0 Å². The van der Waals surface area contributed by atoms with Gasteiger partial charge in [0.1, 0.15) is 0 Å². The van der Waals surface area contributed by atoms with Crippen LogP contribution in [0.4, 0.5) is 23.9 Å². The minimum Gasteiger partial charge on any atom is -0.341 e. The van der Waals surface area contributed by atoms with Crippen molar-refractivity contribution in [2.75, 3.05) is 24.5 Å². The van der Waals surface area contributed by atoms with Crippen LogP contribution in [0, 0.1) is 5.92 Å². The number of amides is 2. The number of carbonyl (C=O) groups is 2. The quantitative estimate of drug-likeness (QED) is 0.382. The third kappa shape index (κ3) is 6.19. The fraction of sp³-hybridized carbons (Fsp3) is 0.333. The van der Waals surface area contributed by atoms with Crippen LogP contribution < -0.4 is 15.5 Å². The number of nitrogens with one attached hydrogen (secondary N) is 3. The first-order valence-electron chi connectivity index (χ1n) is 11.9. The van der Waals surface area contributed by atoms with E-state index in [1.807, 2.05) is 0 Å². The summed E-state index contributed by atoms with van der Waals surface area (Å²) in [4.78, 5) is 38.7. The summed E-state index contributed by atoms with van der Waals surface area (Å²) in [7, 11) is 0. The summed E-state index contributed by atoms with van der Waals surface area (Å²) < 4.78 is 40.2. The second-order valence-corrected chi connectivity index (χ2v) is 9.93. The van der Waals surface area contributed by atoms with E-state index in [-0.39, 0.29) is 17.1 Å². The molecule has 0 aliphatic carbocycles. The van der Waals surface area contributed by atoms with Crippen LogP contribution in [-0.4, -0.2) is 55.9 Å². The minimum absolute atomic E-state index is 0.211. The van der Waals surface area contributed by atoms with Gasteiger partial charge in [-0.25, -0.2) is 9.97 Å². The molecule has 5 heterocycles. The number of hydrogen-bond donors (Lipinski definition) is 3. The van der Waals surface area contributed by atoms with Gasteiger partial charge in [-0.3, -0.25) is 25.0 Å². The summed E-state index contributed by atoms with van der Waals surface area (Å²) in [6.45, 7) is 2.28. The fourth-order valence-electron chi connectivity index (χ4n) is 4.27. The number of pyridine rings is 1. The molecule has 38 heavy (non-hydrogen) atoms. The summed E-state index contributed by atoms with van der Waals surface area (Å²) in [5, 5.41) is 11.5. The number of nitrogens with zero attached hydrogens (tertiary/aromatic N) is 5. The number of thioether (sulfide) groups is 1. The minimum atomic E-state index is -4.47. The molecule has 3 aromatic rings. The van der Waals surface area contributed by atoms with Gasteiger partial charge in [0, 0.05) is 37.6 Å². The van der Waals surface area contributed by atoms with Crippen molar-refractivity contribution in [2.45, 2.75) is 25.6 Å². The first-order chi connectivity index (χ1) is 18.2. The Bertz CT molecular complexity index is 1350. The monoisotopic (exact) mass is 544 g/mol. The second-order valence-electron chi connectivity index (χ2n) is 8.91. The lowest BCUT2D eigenvalue weighted by Gasteiger charge is -2.32. The van der Waals surface area contributed by atoms with Crippen LogP contribution in [-0.2, 0) is 17.5 Å². The van der Waals surface area contributed by atoms with E-state index in [2.05, 4.69) is 40.7 Å². The van der Waals surface area contributed by atoms with Crippen molar-refractivity contribution in [1.82, 2.24) is 35.8 Å². The molecule has 2 aliphatic rings. The standard InChI is InChI=1S/C24H23F3N8O2S/c25-24(26,27)16-7-18(32-19(8-16)15-11-30-31-12-15)13-28-10-14-2-5-35(6-3-14)22-29-4-1-17(33-22)9-20-21(36)34-23(37)38-20/h1,4,7-9,11-12,14,28H,2-3,5-6,10,13H2,(H,30,31)(H,34,36,37). The van der Waals surface area contributed by atoms with Crippen molar-refractivity contribution in [3.63, 3.8) is 0 Å². The van der Waals surface area contributed by atoms with Gasteiger partial charge in [-0.15, -0.1) is 0 Å². The Hall–Kier alpha value is -3.78. The fourth-order valence-corrected chi connectivity index (χ4v) is 4.94. The van der Waals surface area contributed by atoms with E-state index in [0.717, 1.165) is 36.7 Å². The van der Waals surface area contributed by atoms with Crippen molar-refractivity contribution >= 4 is 34.9 Å². The molecule has 3 N–H and O–H groups in total. The molecule has 0 spiro atoms. The number of hydrogen-bond acceptors (Lipinski definition) is 9. The van der Waals surface area contributed by atoms with E-state index < -0.39 is 22.9 Å². The topological polar surface area (TPSA) is 129 Å². The average Bonchev–Trinajstić information content (AvgIpc) is 3.54. The number of anilines is 1. The zero-order chi connectivity index (χ0) is 26.7. The maximum Gasteiger partial charge on any atom is 0.416 e. The SMILES string of the molecule is O=C1NC(=O)C(=Cc2ccnc(N3CCC(CNCc4cc(C(F)(F)F)cc(-c5cn[nH]c5)n4)CC3)n2)S1. The Kier molecular flexibility index (Phi) is 7.42. The van der Waals surface area contributed by atoms with Gasteiger partial charge in [0.2, 0.25) is 5.95 Å². The highest BCUT2D eigenvalue weighted by Crippen LogP contribution is 2.32. The smallest absolute Gasteiger partial charge is 0.341 e. The molecule has 0 bridgehead atoms. The summed E-state index contributed by atoms with van der Waals surface area (Å²) in [5.41, 5.74) is 0.810. The molecule has 2 aliphatic heterocycles. The van der Waals surface area contributed by atoms with Gasteiger partial charge < -0.3 is 10.2 Å². The van der Waals surface area contributed by atoms with E-state index in [1.165, 1.54) is 12.4 Å².